The van der Waals surface area contributed by atoms with E-state index in [4.69, 9.17) is 10.8 Å². The first kappa shape index (κ1) is 15.0. The third-order valence-corrected chi connectivity index (χ3v) is 4.99. The van der Waals surface area contributed by atoms with Crippen molar-refractivity contribution in [1.29, 1.82) is 0 Å². The molecule has 3 N–H and O–H groups in total. The Kier molecular flexibility index (Phi) is 5.38. The molecule has 0 aromatic carbocycles. The third-order valence-electron chi connectivity index (χ3n) is 3.43. The summed E-state index contributed by atoms with van der Waals surface area (Å²) in [6, 6.07) is 2.32. The van der Waals surface area contributed by atoms with Gasteiger partial charge in [-0.1, -0.05) is 0 Å². The van der Waals surface area contributed by atoms with E-state index < -0.39 is 5.97 Å². The molecule has 4 nitrogen and oxygen atoms in total. The molecule has 2 atom stereocenters. The normalized spacial score (nSPS) is 24.5. The molecule has 0 amide bonds. The molecule has 1 aliphatic heterocycles. The maximum atomic E-state index is 10.6. The number of nitrogens with zero attached hydrogens (tertiary/aromatic N) is 1. The minimum atomic E-state index is -0.738. The van der Waals surface area contributed by atoms with Gasteiger partial charge in [0.25, 0.3) is 0 Å². The van der Waals surface area contributed by atoms with Gasteiger partial charge in [-0.05, 0) is 51.7 Å². The summed E-state index contributed by atoms with van der Waals surface area (Å²) in [5, 5.41) is 10.9. The molecule has 6 heteroatoms. The Bertz CT molecular complexity index is 438. The van der Waals surface area contributed by atoms with E-state index in [-0.39, 0.29) is 12.5 Å². The molecule has 0 saturated carbocycles. The Morgan fingerprint density at radius 3 is 3.00 bits per heavy atom. The van der Waals surface area contributed by atoms with Gasteiger partial charge in [-0.2, -0.15) is 0 Å². The van der Waals surface area contributed by atoms with E-state index in [0.717, 1.165) is 29.7 Å². The first-order valence-electron chi connectivity index (χ1n) is 6.45. The molecule has 0 bridgehead atoms. The number of thiophene rings is 1. The summed E-state index contributed by atoms with van der Waals surface area (Å²) in [5.41, 5.74) is 7.43. The van der Waals surface area contributed by atoms with Crippen molar-refractivity contribution in [1.82, 2.24) is 4.90 Å². The first-order chi connectivity index (χ1) is 9.02. The van der Waals surface area contributed by atoms with Crippen LogP contribution in [0.5, 0.6) is 0 Å². The summed E-state index contributed by atoms with van der Waals surface area (Å²) in [7, 11) is 0. The Morgan fingerprint density at radius 1 is 1.58 bits per heavy atom. The number of rotatable bonds is 5. The van der Waals surface area contributed by atoms with Gasteiger partial charge in [0.05, 0.1) is 10.2 Å². The number of carboxylic acid groups (broad SMARTS) is 1. The fourth-order valence-corrected chi connectivity index (χ4v) is 3.94. The zero-order chi connectivity index (χ0) is 13.8. The molecule has 2 heterocycles. The Labute approximate surface area is 125 Å². The van der Waals surface area contributed by atoms with Crippen LogP contribution in [-0.2, 0) is 11.2 Å². The van der Waals surface area contributed by atoms with Crippen molar-refractivity contribution in [2.24, 2.45) is 11.7 Å². The van der Waals surface area contributed by atoms with E-state index in [1.165, 1.54) is 5.56 Å². The van der Waals surface area contributed by atoms with E-state index in [1.54, 1.807) is 11.3 Å². The van der Waals surface area contributed by atoms with Crippen molar-refractivity contribution < 1.29 is 9.90 Å². The van der Waals surface area contributed by atoms with Crippen molar-refractivity contribution in [3.8, 4) is 0 Å². The maximum absolute atomic E-state index is 10.6. The molecule has 2 unspecified atom stereocenters. The largest absolute Gasteiger partial charge is 0.481 e. The van der Waals surface area contributed by atoms with Gasteiger partial charge in [0.2, 0.25) is 0 Å². The second-order valence-electron chi connectivity index (χ2n) is 5.23. The first-order valence-corrected chi connectivity index (χ1v) is 8.13. The second-order valence-corrected chi connectivity index (χ2v) is 7.52. The third kappa shape index (κ3) is 4.87. The van der Waals surface area contributed by atoms with Crippen molar-refractivity contribution in [3.63, 3.8) is 0 Å². The van der Waals surface area contributed by atoms with E-state index in [2.05, 4.69) is 32.3 Å². The van der Waals surface area contributed by atoms with Crippen LogP contribution in [0.15, 0.2) is 15.2 Å². The fourth-order valence-electron chi connectivity index (χ4n) is 2.72. The summed E-state index contributed by atoms with van der Waals surface area (Å²) in [6.07, 6.45) is 2.25. The number of carboxylic acids is 1. The van der Waals surface area contributed by atoms with Gasteiger partial charge in [0.15, 0.2) is 0 Å². The van der Waals surface area contributed by atoms with Gasteiger partial charge < -0.3 is 15.7 Å². The molecule has 0 spiro atoms. The lowest BCUT2D eigenvalue weighted by atomic mass is 9.90. The number of piperidine rings is 1. The Balaban J connectivity index is 1.88. The number of aliphatic carboxylic acids is 1. The van der Waals surface area contributed by atoms with E-state index in [1.807, 2.05) is 0 Å². The average molecular weight is 347 g/mol. The number of nitrogens with two attached hydrogens (primary N) is 1. The highest BCUT2D eigenvalue weighted by atomic mass is 79.9. The fraction of sp³-hybridized carbons (Fsp3) is 0.615. The van der Waals surface area contributed by atoms with Gasteiger partial charge >= 0.3 is 5.97 Å². The van der Waals surface area contributed by atoms with Crippen molar-refractivity contribution in [3.05, 3.63) is 20.8 Å². The van der Waals surface area contributed by atoms with Gasteiger partial charge in [-0.15, -0.1) is 11.3 Å². The molecular weight excluding hydrogens is 328 g/mol. The standard InChI is InChI=1S/C13H19BrN2O2S/c14-12-5-10(8-19-12)3-9-4-11(15)7-16(6-9)2-1-13(17)18/h5,8-9,11H,1-4,6-7,15H2,(H,17,18). The van der Waals surface area contributed by atoms with Crippen LogP contribution < -0.4 is 5.73 Å². The average Bonchev–Trinajstić information content (AvgIpc) is 2.71. The van der Waals surface area contributed by atoms with Gasteiger partial charge in [-0.25, -0.2) is 0 Å². The van der Waals surface area contributed by atoms with Crippen LogP contribution in [0.1, 0.15) is 18.4 Å². The molecule has 2 rings (SSSR count). The van der Waals surface area contributed by atoms with E-state index >= 15 is 0 Å². The molecule has 19 heavy (non-hydrogen) atoms. The predicted molar refractivity (Wildman–Crippen MR) is 80.5 cm³/mol. The molecule has 1 aromatic heterocycles. The molecule has 1 aromatic rings. The van der Waals surface area contributed by atoms with Crippen LogP contribution in [0.2, 0.25) is 0 Å². The lowest BCUT2D eigenvalue weighted by Gasteiger charge is -2.36. The van der Waals surface area contributed by atoms with Crippen LogP contribution in [0.4, 0.5) is 0 Å². The van der Waals surface area contributed by atoms with Crippen LogP contribution in [0.25, 0.3) is 0 Å². The molecular formula is C13H19BrN2O2S. The van der Waals surface area contributed by atoms with Crippen LogP contribution in [-0.4, -0.2) is 41.7 Å². The van der Waals surface area contributed by atoms with Crippen molar-refractivity contribution in [2.45, 2.75) is 25.3 Å². The van der Waals surface area contributed by atoms with Gasteiger partial charge in [-0.3, -0.25) is 4.79 Å². The molecule has 1 aliphatic rings. The zero-order valence-electron chi connectivity index (χ0n) is 10.7. The Hall–Kier alpha value is -0.430. The summed E-state index contributed by atoms with van der Waals surface area (Å²) < 4.78 is 1.16. The molecule has 0 radical (unpaired) electrons. The van der Waals surface area contributed by atoms with Crippen LogP contribution in [0, 0.1) is 5.92 Å². The smallest absolute Gasteiger partial charge is 0.304 e. The number of carbonyl (C=O) groups is 1. The number of hydrogen-bond acceptors (Lipinski definition) is 4. The molecule has 1 fully saturated rings. The number of hydrogen-bond donors (Lipinski definition) is 2. The topological polar surface area (TPSA) is 66.6 Å². The summed E-state index contributed by atoms with van der Waals surface area (Å²) in [4.78, 5) is 12.8. The van der Waals surface area contributed by atoms with Crippen LogP contribution >= 0.6 is 27.3 Å². The van der Waals surface area contributed by atoms with E-state index in [9.17, 15) is 4.79 Å². The molecule has 106 valence electrons. The summed E-state index contributed by atoms with van der Waals surface area (Å²) in [5.74, 6) is -0.212. The zero-order valence-corrected chi connectivity index (χ0v) is 13.1. The number of likely N-dealkylation sites (tertiary alicyclic amines) is 1. The SMILES string of the molecule is NC1CC(Cc2csc(Br)c2)CN(CCC(=O)O)C1. The minimum absolute atomic E-state index is 0.162. The summed E-state index contributed by atoms with van der Waals surface area (Å²) in [6.45, 7) is 2.37. The highest BCUT2D eigenvalue weighted by molar-refractivity contribution is 9.11. The van der Waals surface area contributed by atoms with Crippen molar-refractivity contribution >= 4 is 33.2 Å². The predicted octanol–water partition coefficient (Wildman–Crippen LogP) is 2.18. The maximum Gasteiger partial charge on any atom is 0.304 e. The van der Waals surface area contributed by atoms with Gasteiger partial charge in [0, 0.05) is 25.7 Å². The molecule has 0 aliphatic carbocycles. The number of halogens is 1. The summed E-state index contributed by atoms with van der Waals surface area (Å²) >= 11 is 5.18. The quantitative estimate of drug-likeness (QED) is 0.857. The highest BCUT2D eigenvalue weighted by Crippen LogP contribution is 2.26. The second kappa shape index (κ2) is 6.83. The monoisotopic (exact) mass is 346 g/mol. The van der Waals surface area contributed by atoms with E-state index in [0.29, 0.717) is 12.5 Å². The van der Waals surface area contributed by atoms with Crippen molar-refractivity contribution in [2.75, 3.05) is 19.6 Å². The minimum Gasteiger partial charge on any atom is -0.481 e. The lowest BCUT2D eigenvalue weighted by Crippen LogP contribution is -2.48. The molecule has 1 saturated heterocycles. The lowest BCUT2D eigenvalue weighted by molar-refractivity contribution is -0.137. The van der Waals surface area contributed by atoms with Crippen LogP contribution in [0.3, 0.4) is 0 Å². The highest BCUT2D eigenvalue weighted by Gasteiger charge is 2.25. The Morgan fingerprint density at radius 2 is 2.37 bits per heavy atom. The van der Waals surface area contributed by atoms with Gasteiger partial charge in [0.1, 0.15) is 0 Å².